The molecule has 0 aliphatic carbocycles. The van der Waals surface area contributed by atoms with Crippen LogP contribution in [-0.2, 0) is 11.3 Å². The Morgan fingerprint density at radius 1 is 1.21 bits per heavy atom. The number of piperidine rings is 1. The van der Waals surface area contributed by atoms with Gasteiger partial charge < -0.3 is 10.2 Å². The number of halogens is 1. The summed E-state index contributed by atoms with van der Waals surface area (Å²) in [5, 5.41) is 3.23. The molecule has 0 radical (unpaired) electrons. The molecule has 1 aromatic carbocycles. The Bertz CT molecular complexity index is 546. The van der Waals surface area contributed by atoms with Crippen LogP contribution in [0.25, 0.3) is 0 Å². The van der Waals surface area contributed by atoms with Crippen LogP contribution < -0.4 is 5.32 Å². The highest BCUT2D eigenvalue weighted by Gasteiger charge is 2.35. The third kappa shape index (κ3) is 4.14. The van der Waals surface area contributed by atoms with Gasteiger partial charge in [-0.1, -0.05) is 12.1 Å². The van der Waals surface area contributed by atoms with Gasteiger partial charge in [0.2, 0.25) is 5.91 Å². The van der Waals surface area contributed by atoms with Crippen LogP contribution in [0.1, 0.15) is 31.2 Å². The van der Waals surface area contributed by atoms with Gasteiger partial charge in [0.15, 0.2) is 0 Å². The standard InChI is InChI=1S/C19H28FN3O/c1-21-12-16-4-2-11-23(14-16)19(24)18-5-3-10-22(18)13-15-6-8-17(20)9-7-15/h6-9,16,18,21H,2-5,10-14H2,1H3. The molecule has 2 unspecified atom stereocenters. The number of nitrogens with zero attached hydrogens (tertiary/aromatic N) is 2. The lowest BCUT2D eigenvalue weighted by atomic mass is 9.97. The SMILES string of the molecule is CNCC1CCCN(C(=O)C2CCCN2Cc2ccc(F)cc2)C1. The number of nitrogens with one attached hydrogen (secondary N) is 1. The van der Waals surface area contributed by atoms with E-state index < -0.39 is 0 Å². The lowest BCUT2D eigenvalue weighted by Gasteiger charge is -2.36. The summed E-state index contributed by atoms with van der Waals surface area (Å²) in [6.07, 6.45) is 4.30. The van der Waals surface area contributed by atoms with Gasteiger partial charge in [0.05, 0.1) is 6.04 Å². The van der Waals surface area contributed by atoms with Gasteiger partial charge >= 0.3 is 0 Å². The topological polar surface area (TPSA) is 35.6 Å². The zero-order valence-corrected chi connectivity index (χ0v) is 14.5. The van der Waals surface area contributed by atoms with Gasteiger partial charge in [0.1, 0.15) is 5.82 Å². The molecular formula is C19H28FN3O. The van der Waals surface area contributed by atoms with Crippen molar-refractivity contribution in [3.8, 4) is 0 Å². The van der Waals surface area contributed by atoms with Crippen LogP contribution in [0.5, 0.6) is 0 Å². The summed E-state index contributed by atoms with van der Waals surface area (Å²) >= 11 is 0. The van der Waals surface area contributed by atoms with Crippen molar-refractivity contribution >= 4 is 5.91 Å². The largest absolute Gasteiger partial charge is 0.341 e. The minimum absolute atomic E-state index is 0.0108. The summed E-state index contributed by atoms with van der Waals surface area (Å²) < 4.78 is 13.1. The first-order valence-corrected chi connectivity index (χ1v) is 9.09. The van der Waals surface area contributed by atoms with Crippen molar-refractivity contribution in [1.29, 1.82) is 0 Å². The van der Waals surface area contributed by atoms with Gasteiger partial charge in [0, 0.05) is 19.6 Å². The number of benzene rings is 1. The Morgan fingerprint density at radius 2 is 1.96 bits per heavy atom. The second-order valence-electron chi connectivity index (χ2n) is 7.11. The Balaban J connectivity index is 1.61. The van der Waals surface area contributed by atoms with Crippen molar-refractivity contribution in [2.45, 2.75) is 38.3 Å². The molecule has 2 heterocycles. The molecule has 1 N–H and O–H groups in total. The molecule has 0 bridgehead atoms. The van der Waals surface area contributed by atoms with E-state index in [0.717, 1.165) is 57.5 Å². The summed E-state index contributed by atoms with van der Waals surface area (Å²) in [6.45, 7) is 4.42. The normalized spacial score (nSPS) is 25.2. The van der Waals surface area contributed by atoms with Crippen molar-refractivity contribution in [1.82, 2.24) is 15.1 Å². The maximum absolute atomic E-state index is 13.1. The molecule has 4 nitrogen and oxygen atoms in total. The molecule has 0 saturated carbocycles. The van der Waals surface area contributed by atoms with E-state index in [1.54, 1.807) is 0 Å². The van der Waals surface area contributed by atoms with Crippen LogP contribution >= 0.6 is 0 Å². The number of likely N-dealkylation sites (tertiary alicyclic amines) is 2. The monoisotopic (exact) mass is 333 g/mol. The number of hydrogen-bond donors (Lipinski definition) is 1. The van der Waals surface area contributed by atoms with E-state index in [4.69, 9.17) is 0 Å². The number of rotatable bonds is 5. The van der Waals surface area contributed by atoms with Gasteiger partial charge in [-0.25, -0.2) is 4.39 Å². The Morgan fingerprint density at radius 3 is 2.71 bits per heavy atom. The van der Waals surface area contributed by atoms with Gasteiger partial charge in [-0.15, -0.1) is 0 Å². The minimum Gasteiger partial charge on any atom is -0.341 e. The Labute approximate surface area is 144 Å². The zero-order chi connectivity index (χ0) is 16.9. The average molecular weight is 333 g/mol. The van der Waals surface area contributed by atoms with Crippen LogP contribution in [0.2, 0.25) is 0 Å². The maximum Gasteiger partial charge on any atom is 0.239 e. The second kappa shape index (κ2) is 8.08. The number of carbonyl (C=O) groups excluding carboxylic acids is 1. The van der Waals surface area contributed by atoms with Crippen LogP contribution in [0.4, 0.5) is 4.39 Å². The first kappa shape index (κ1) is 17.4. The molecule has 132 valence electrons. The van der Waals surface area contributed by atoms with Gasteiger partial charge in [0.25, 0.3) is 0 Å². The number of hydrogen-bond acceptors (Lipinski definition) is 3. The van der Waals surface area contributed by atoms with Crippen LogP contribution in [0, 0.1) is 11.7 Å². The molecule has 2 aliphatic heterocycles. The summed E-state index contributed by atoms with van der Waals surface area (Å²) in [5.41, 5.74) is 1.07. The molecule has 1 amide bonds. The number of carbonyl (C=O) groups is 1. The predicted octanol–water partition coefficient (Wildman–Crippen LogP) is 2.25. The number of amides is 1. The molecule has 3 rings (SSSR count). The highest BCUT2D eigenvalue weighted by molar-refractivity contribution is 5.82. The van der Waals surface area contributed by atoms with Crippen molar-refractivity contribution in [2.24, 2.45) is 5.92 Å². The molecule has 24 heavy (non-hydrogen) atoms. The van der Waals surface area contributed by atoms with E-state index in [9.17, 15) is 9.18 Å². The summed E-state index contributed by atoms with van der Waals surface area (Å²) in [6, 6.07) is 6.62. The molecule has 2 aliphatic rings. The van der Waals surface area contributed by atoms with Gasteiger partial charge in [-0.3, -0.25) is 9.69 Å². The fourth-order valence-electron chi connectivity index (χ4n) is 4.05. The maximum atomic E-state index is 13.1. The lowest BCUT2D eigenvalue weighted by Crippen LogP contribution is -2.50. The minimum atomic E-state index is -0.211. The van der Waals surface area contributed by atoms with E-state index >= 15 is 0 Å². The highest BCUT2D eigenvalue weighted by Crippen LogP contribution is 2.24. The van der Waals surface area contributed by atoms with Crippen molar-refractivity contribution < 1.29 is 9.18 Å². The summed E-state index contributed by atoms with van der Waals surface area (Å²) in [5.74, 6) is 0.645. The van der Waals surface area contributed by atoms with E-state index in [1.165, 1.54) is 18.6 Å². The third-order valence-corrected chi connectivity index (χ3v) is 5.27. The summed E-state index contributed by atoms with van der Waals surface area (Å²) in [4.78, 5) is 17.3. The first-order valence-electron chi connectivity index (χ1n) is 9.09. The van der Waals surface area contributed by atoms with Crippen molar-refractivity contribution in [3.63, 3.8) is 0 Å². The van der Waals surface area contributed by atoms with Crippen LogP contribution in [-0.4, -0.2) is 55.0 Å². The zero-order valence-electron chi connectivity index (χ0n) is 14.5. The molecule has 5 heteroatoms. The third-order valence-electron chi connectivity index (χ3n) is 5.27. The van der Waals surface area contributed by atoms with Crippen molar-refractivity contribution in [3.05, 3.63) is 35.6 Å². The van der Waals surface area contributed by atoms with E-state index in [-0.39, 0.29) is 17.8 Å². The summed E-state index contributed by atoms with van der Waals surface area (Å²) in [7, 11) is 1.97. The van der Waals surface area contributed by atoms with Crippen LogP contribution in [0.15, 0.2) is 24.3 Å². The van der Waals surface area contributed by atoms with Crippen molar-refractivity contribution in [2.75, 3.05) is 33.2 Å². The molecule has 2 saturated heterocycles. The fourth-order valence-corrected chi connectivity index (χ4v) is 4.05. The smallest absolute Gasteiger partial charge is 0.239 e. The second-order valence-corrected chi connectivity index (χ2v) is 7.11. The fraction of sp³-hybridized carbons (Fsp3) is 0.632. The first-order chi connectivity index (χ1) is 11.7. The Kier molecular flexibility index (Phi) is 5.85. The molecule has 0 aromatic heterocycles. The molecule has 2 fully saturated rings. The van der Waals surface area contributed by atoms with E-state index in [1.807, 2.05) is 19.2 Å². The lowest BCUT2D eigenvalue weighted by molar-refractivity contribution is -0.138. The predicted molar refractivity (Wildman–Crippen MR) is 93.1 cm³/mol. The van der Waals surface area contributed by atoms with Gasteiger partial charge in [-0.05, 0) is 69.4 Å². The average Bonchev–Trinajstić information content (AvgIpc) is 3.05. The highest BCUT2D eigenvalue weighted by atomic mass is 19.1. The molecule has 1 aromatic rings. The molecule has 2 atom stereocenters. The van der Waals surface area contributed by atoms with E-state index in [2.05, 4.69) is 15.1 Å². The van der Waals surface area contributed by atoms with Gasteiger partial charge in [-0.2, -0.15) is 0 Å². The molecular weight excluding hydrogens is 305 g/mol. The van der Waals surface area contributed by atoms with E-state index in [0.29, 0.717) is 5.92 Å². The Hall–Kier alpha value is -1.46. The quantitative estimate of drug-likeness (QED) is 0.898. The van der Waals surface area contributed by atoms with Crippen LogP contribution in [0.3, 0.4) is 0 Å². The molecule has 0 spiro atoms.